The molecule has 0 unspecified atom stereocenters. The maximum absolute atomic E-state index is 13.5. The Hall–Kier alpha value is -2.97. The van der Waals surface area contributed by atoms with Crippen LogP contribution in [0.2, 0.25) is 0 Å². The second-order valence-electron chi connectivity index (χ2n) is 7.30. The summed E-state index contributed by atoms with van der Waals surface area (Å²) in [4.78, 5) is 13.0. The fourth-order valence-electron chi connectivity index (χ4n) is 3.81. The number of nitrogens with one attached hydrogen (secondary N) is 1. The van der Waals surface area contributed by atoms with Gasteiger partial charge in [0, 0.05) is 12.6 Å². The predicted molar refractivity (Wildman–Crippen MR) is 111 cm³/mol. The molecule has 0 saturated carbocycles. The smallest absolute Gasteiger partial charge is 0.243 e. The lowest BCUT2D eigenvalue weighted by Crippen LogP contribution is -2.46. The van der Waals surface area contributed by atoms with Crippen LogP contribution in [0.1, 0.15) is 30.1 Å². The van der Waals surface area contributed by atoms with Crippen molar-refractivity contribution in [2.24, 2.45) is 5.92 Å². The quantitative estimate of drug-likeness (QED) is 0.655. The first-order valence-corrected chi connectivity index (χ1v) is 11.3. The number of rotatable bonds is 6. The van der Waals surface area contributed by atoms with Gasteiger partial charge in [0.25, 0.3) is 0 Å². The van der Waals surface area contributed by atoms with Gasteiger partial charge in [-0.05, 0) is 30.5 Å². The first kappa shape index (κ1) is 20.3. The lowest BCUT2D eigenvalue weighted by Gasteiger charge is -2.38. The Bertz CT molecular complexity index is 1070. The van der Waals surface area contributed by atoms with E-state index in [1.807, 2.05) is 30.3 Å². The van der Waals surface area contributed by atoms with Gasteiger partial charge in [-0.25, -0.2) is 8.42 Å². The Morgan fingerprint density at radius 1 is 1.03 bits per heavy atom. The topological polar surface area (TPSA) is 92.5 Å². The minimum absolute atomic E-state index is 0.126. The average Bonchev–Trinajstić information content (AvgIpc) is 3.32. The van der Waals surface area contributed by atoms with E-state index in [9.17, 15) is 13.2 Å². The zero-order valence-electron chi connectivity index (χ0n) is 16.3. The maximum Gasteiger partial charge on any atom is 0.243 e. The largest absolute Gasteiger partial charge is 0.364 e. The molecule has 2 aromatic carbocycles. The van der Waals surface area contributed by atoms with Crippen molar-refractivity contribution >= 4 is 15.9 Å². The van der Waals surface area contributed by atoms with Crippen LogP contribution in [0.15, 0.2) is 82.4 Å². The van der Waals surface area contributed by atoms with Crippen LogP contribution in [-0.4, -0.2) is 30.3 Å². The Morgan fingerprint density at radius 2 is 1.73 bits per heavy atom. The van der Waals surface area contributed by atoms with Crippen molar-refractivity contribution < 1.29 is 17.7 Å². The number of aromatic nitrogens is 1. The summed E-state index contributed by atoms with van der Waals surface area (Å²) < 4.78 is 33.2. The van der Waals surface area contributed by atoms with Crippen LogP contribution in [0.25, 0.3) is 0 Å². The molecule has 7 nitrogen and oxygen atoms in total. The highest BCUT2D eigenvalue weighted by Crippen LogP contribution is 2.37. The molecule has 1 amide bonds. The highest BCUT2D eigenvalue weighted by atomic mass is 32.2. The van der Waals surface area contributed by atoms with Gasteiger partial charge >= 0.3 is 0 Å². The summed E-state index contributed by atoms with van der Waals surface area (Å²) in [5.41, 5.74) is 1.55. The normalized spacial score (nSPS) is 20.0. The number of piperidine rings is 1. The van der Waals surface area contributed by atoms with E-state index in [-0.39, 0.29) is 29.9 Å². The summed E-state index contributed by atoms with van der Waals surface area (Å²) in [6, 6.07) is 19.3. The van der Waals surface area contributed by atoms with Crippen molar-refractivity contribution in [2.45, 2.75) is 30.3 Å². The number of sulfonamides is 1. The van der Waals surface area contributed by atoms with Gasteiger partial charge in [0.05, 0.1) is 23.4 Å². The highest BCUT2D eigenvalue weighted by molar-refractivity contribution is 7.89. The predicted octanol–water partition coefficient (Wildman–Crippen LogP) is 3.13. The van der Waals surface area contributed by atoms with Crippen LogP contribution in [0.4, 0.5) is 0 Å². The summed E-state index contributed by atoms with van der Waals surface area (Å²) in [5, 5.41) is 6.62. The van der Waals surface area contributed by atoms with E-state index >= 15 is 0 Å². The molecule has 0 spiro atoms. The zero-order chi connectivity index (χ0) is 21.0. The molecule has 1 aliphatic heterocycles. The Kier molecular flexibility index (Phi) is 5.96. The zero-order valence-corrected chi connectivity index (χ0v) is 17.2. The number of benzene rings is 2. The van der Waals surface area contributed by atoms with Crippen molar-refractivity contribution in [3.8, 4) is 0 Å². The molecule has 3 aromatic rings. The molecular formula is C22H23N3O4S. The molecule has 1 aromatic heterocycles. The first-order valence-electron chi connectivity index (χ1n) is 9.84. The second kappa shape index (κ2) is 8.81. The molecule has 1 aliphatic rings. The monoisotopic (exact) mass is 425 g/mol. The van der Waals surface area contributed by atoms with Crippen LogP contribution in [0.5, 0.6) is 0 Å². The summed E-state index contributed by atoms with van der Waals surface area (Å²) >= 11 is 0. The molecule has 1 N–H and O–H groups in total. The minimum atomic E-state index is -3.76. The number of carbonyl (C=O) groups excluding carboxylic acids is 1. The summed E-state index contributed by atoms with van der Waals surface area (Å²) in [6.45, 7) is 0.376. The summed E-state index contributed by atoms with van der Waals surface area (Å²) in [5.74, 6) is -0.617. The summed E-state index contributed by atoms with van der Waals surface area (Å²) in [6.07, 6.45) is 2.61. The summed E-state index contributed by atoms with van der Waals surface area (Å²) in [7, 11) is -3.76. The van der Waals surface area contributed by atoms with E-state index < -0.39 is 15.9 Å². The fourth-order valence-corrected chi connectivity index (χ4v) is 5.52. The third-order valence-corrected chi connectivity index (χ3v) is 7.27. The SMILES string of the molecule is O=C(NCc1ccon1)[C@@H]1CC[C@H](c2ccccc2)N(S(=O)(=O)c2ccccc2)C1. The highest BCUT2D eigenvalue weighted by Gasteiger charge is 2.39. The van der Waals surface area contributed by atoms with Gasteiger partial charge < -0.3 is 9.84 Å². The molecule has 2 atom stereocenters. The third kappa shape index (κ3) is 4.29. The van der Waals surface area contributed by atoms with E-state index in [0.29, 0.717) is 18.5 Å². The molecule has 2 heterocycles. The second-order valence-corrected chi connectivity index (χ2v) is 9.19. The molecule has 1 saturated heterocycles. The van der Waals surface area contributed by atoms with Crippen LogP contribution in [-0.2, 0) is 21.4 Å². The molecular weight excluding hydrogens is 402 g/mol. The van der Waals surface area contributed by atoms with Crippen molar-refractivity contribution in [1.29, 1.82) is 0 Å². The first-order chi connectivity index (χ1) is 14.6. The molecule has 1 fully saturated rings. The van der Waals surface area contributed by atoms with Crippen molar-refractivity contribution in [1.82, 2.24) is 14.8 Å². The molecule has 0 radical (unpaired) electrons. The third-order valence-electron chi connectivity index (χ3n) is 5.38. The molecule has 156 valence electrons. The van der Waals surface area contributed by atoms with Crippen LogP contribution >= 0.6 is 0 Å². The lowest BCUT2D eigenvalue weighted by molar-refractivity contribution is -0.126. The van der Waals surface area contributed by atoms with Gasteiger partial charge in [-0.15, -0.1) is 0 Å². The van der Waals surface area contributed by atoms with Gasteiger partial charge in [0.2, 0.25) is 15.9 Å². The Morgan fingerprint density at radius 3 is 2.40 bits per heavy atom. The fraction of sp³-hybridized carbons (Fsp3) is 0.273. The van der Waals surface area contributed by atoms with E-state index in [1.165, 1.54) is 10.6 Å². The van der Waals surface area contributed by atoms with Crippen molar-refractivity contribution in [3.05, 3.63) is 84.3 Å². The number of nitrogens with zero attached hydrogens (tertiary/aromatic N) is 2. The maximum atomic E-state index is 13.5. The van der Waals surface area contributed by atoms with E-state index in [0.717, 1.165) is 5.56 Å². The molecule has 8 heteroatoms. The van der Waals surface area contributed by atoms with Gasteiger partial charge in [-0.2, -0.15) is 4.31 Å². The van der Waals surface area contributed by atoms with Gasteiger partial charge in [0.1, 0.15) is 12.0 Å². The molecule has 0 bridgehead atoms. The standard InChI is InChI=1S/C22H23N3O4S/c26-22(23-15-19-13-14-29-24-19)18-11-12-21(17-7-3-1-4-8-17)25(16-18)30(27,28)20-9-5-2-6-10-20/h1-10,13-14,18,21H,11-12,15-16H2,(H,23,26)/t18-,21-/m1/s1. The minimum Gasteiger partial charge on any atom is -0.364 e. The van der Waals surface area contributed by atoms with Crippen LogP contribution in [0, 0.1) is 5.92 Å². The van der Waals surface area contributed by atoms with Crippen molar-refractivity contribution in [3.63, 3.8) is 0 Å². The number of carbonyl (C=O) groups is 1. The van der Waals surface area contributed by atoms with Crippen LogP contribution < -0.4 is 5.32 Å². The number of hydrogen-bond donors (Lipinski definition) is 1. The van der Waals surface area contributed by atoms with Gasteiger partial charge in [-0.3, -0.25) is 4.79 Å². The van der Waals surface area contributed by atoms with E-state index in [1.54, 1.807) is 36.4 Å². The van der Waals surface area contributed by atoms with E-state index in [4.69, 9.17) is 4.52 Å². The molecule has 30 heavy (non-hydrogen) atoms. The van der Waals surface area contributed by atoms with Gasteiger partial charge in [-0.1, -0.05) is 53.7 Å². The van der Waals surface area contributed by atoms with Crippen LogP contribution in [0.3, 0.4) is 0 Å². The van der Waals surface area contributed by atoms with Crippen molar-refractivity contribution in [2.75, 3.05) is 6.54 Å². The molecule has 4 rings (SSSR count). The molecule has 0 aliphatic carbocycles. The number of hydrogen-bond acceptors (Lipinski definition) is 5. The Balaban J connectivity index is 1.58. The van der Waals surface area contributed by atoms with E-state index in [2.05, 4.69) is 10.5 Å². The number of amides is 1. The average molecular weight is 426 g/mol. The Labute approximate surface area is 175 Å². The van der Waals surface area contributed by atoms with Gasteiger partial charge in [0.15, 0.2) is 0 Å². The lowest BCUT2D eigenvalue weighted by atomic mass is 9.90.